The standard InChI is InChI=1S/C19H20N2O2/c20-16(10-19(22)23)13-7-8-18-15(9-13)14-3-1-2-4-17(14)21(18)11-12-5-6-12/h1-4,7-9,12,16H,5-6,10-11,20H2,(H,22,23). The first-order chi connectivity index (χ1) is 11.1. The molecule has 4 rings (SSSR count). The lowest BCUT2D eigenvalue weighted by molar-refractivity contribution is -0.137. The largest absolute Gasteiger partial charge is 0.481 e. The van der Waals surface area contributed by atoms with Crippen LogP contribution >= 0.6 is 0 Å². The Morgan fingerprint density at radius 3 is 2.65 bits per heavy atom. The number of aliphatic carboxylic acids is 1. The maximum atomic E-state index is 10.9. The van der Waals surface area contributed by atoms with Crippen LogP contribution in [0.3, 0.4) is 0 Å². The van der Waals surface area contributed by atoms with Gasteiger partial charge in [-0.1, -0.05) is 24.3 Å². The van der Waals surface area contributed by atoms with Crippen LogP contribution in [0.25, 0.3) is 21.8 Å². The summed E-state index contributed by atoms with van der Waals surface area (Å²) in [5, 5.41) is 11.3. The number of carboxylic acids is 1. The molecule has 23 heavy (non-hydrogen) atoms. The van der Waals surface area contributed by atoms with Gasteiger partial charge in [-0.2, -0.15) is 0 Å². The van der Waals surface area contributed by atoms with Crippen molar-refractivity contribution in [3.63, 3.8) is 0 Å². The highest BCUT2D eigenvalue weighted by atomic mass is 16.4. The van der Waals surface area contributed by atoms with Crippen molar-refractivity contribution in [2.75, 3.05) is 0 Å². The molecule has 3 N–H and O–H groups in total. The van der Waals surface area contributed by atoms with Gasteiger partial charge in [0, 0.05) is 34.4 Å². The molecular formula is C19H20N2O2. The van der Waals surface area contributed by atoms with Gasteiger partial charge in [-0.25, -0.2) is 0 Å². The third-order valence-corrected chi connectivity index (χ3v) is 4.76. The second-order valence-corrected chi connectivity index (χ2v) is 6.55. The molecule has 1 atom stereocenters. The number of benzene rings is 2. The van der Waals surface area contributed by atoms with Gasteiger partial charge in [-0.05, 0) is 42.5 Å². The number of hydrogen-bond acceptors (Lipinski definition) is 2. The summed E-state index contributed by atoms with van der Waals surface area (Å²) >= 11 is 0. The molecule has 3 aromatic rings. The average molecular weight is 308 g/mol. The molecule has 4 nitrogen and oxygen atoms in total. The number of aromatic nitrogens is 1. The van der Waals surface area contributed by atoms with E-state index in [0.29, 0.717) is 0 Å². The second kappa shape index (κ2) is 5.39. The highest BCUT2D eigenvalue weighted by Gasteiger charge is 2.24. The zero-order valence-electron chi connectivity index (χ0n) is 12.9. The number of nitrogens with two attached hydrogens (primary N) is 1. The maximum absolute atomic E-state index is 10.9. The Hall–Kier alpha value is -2.33. The van der Waals surface area contributed by atoms with Gasteiger partial charge in [0.15, 0.2) is 0 Å². The highest BCUT2D eigenvalue weighted by Crippen LogP contribution is 2.36. The van der Waals surface area contributed by atoms with Gasteiger partial charge >= 0.3 is 5.97 Å². The van der Waals surface area contributed by atoms with Crippen molar-refractivity contribution in [1.82, 2.24) is 4.57 Å². The van der Waals surface area contributed by atoms with E-state index in [1.165, 1.54) is 34.6 Å². The Bertz CT molecular complexity index is 893. The van der Waals surface area contributed by atoms with Gasteiger partial charge in [0.25, 0.3) is 0 Å². The average Bonchev–Trinajstić information content (AvgIpc) is 3.30. The van der Waals surface area contributed by atoms with Crippen LogP contribution in [0.4, 0.5) is 0 Å². The fourth-order valence-corrected chi connectivity index (χ4v) is 3.36. The Morgan fingerprint density at radius 1 is 1.17 bits per heavy atom. The predicted octanol–water partition coefficient (Wildman–Crippen LogP) is 3.68. The number of carboxylic acid groups (broad SMARTS) is 1. The molecule has 0 bridgehead atoms. The van der Waals surface area contributed by atoms with Gasteiger partial charge in [0.2, 0.25) is 0 Å². The van der Waals surface area contributed by atoms with Crippen molar-refractivity contribution < 1.29 is 9.90 Å². The summed E-state index contributed by atoms with van der Waals surface area (Å²) in [5.74, 6) is -0.0725. The first-order valence-corrected chi connectivity index (χ1v) is 8.12. The van der Waals surface area contributed by atoms with Gasteiger partial charge in [0.05, 0.1) is 6.42 Å². The Labute approximate surface area is 134 Å². The molecule has 1 aliphatic carbocycles. The number of hydrogen-bond donors (Lipinski definition) is 2. The second-order valence-electron chi connectivity index (χ2n) is 6.55. The molecule has 1 heterocycles. The smallest absolute Gasteiger partial charge is 0.305 e. The van der Waals surface area contributed by atoms with E-state index < -0.39 is 12.0 Å². The van der Waals surface area contributed by atoms with Gasteiger partial charge in [0.1, 0.15) is 0 Å². The molecule has 4 heteroatoms. The third kappa shape index (κ3) is 2.59. The lowest BCUT2D eigenvalue weighted by Crippen LogP contribution is -2.14. The van der Waals surface area contributed by atoms with E-state index in [-0.39, 0.29) is 6.42 Å². The van der Waals surface area contributed by atoms with Crippen molar-refractivity contribution in [1.29, 1.82) is 0 Å². The molecule has 0 aliphatic heterocycles. The molecule has 1 saturated carbocycles. The molecule has 0 amide bonds. The normalized spacial score (nSPS) is 16.0. The summed E-state index contributed by atoms with van der Waals surface area (Å²) < 4.78 is 2.40. The summed E-state index contributed by atoms with van der Waals surface area (Å²) in [5.41, 5.74) is 9.39. The molecule has 118 valence electrons. The SMILES string of the molecule is NC(CC(=O)O)c1ccc2c(c1)c1ccccc1n2CC1CC1. The molecule has 0 radical (unpaired) electrons. The van der Waals surface area contributed by atoms with Crippen LogP contribution in [0.1, 0.15) is 30.9 Å². The molecular weight excluding hydrogens is 288 g/mol. The number of rotatable bonds is 5. The quantitative estimate of drug-likeness (QED) is 0.755. The van der Waals surface area contributed by atoms with E-state index in [4.69, 9.17) is 10.8 Å². The first-order valence-electron chi connectivity index (χ1n) is 8.12. The Kier molecular flexibility index (Phi) is 3.34. The fourth-order valence-electron chi connectivity index (χ4n) is 3.36. The van der Waals surface area contributed by atoms with E-state index in [1.54, 1.807) is 0 Å². The van der Waals surface area contributed by atoms with Crippen LogP contribution in [-0.2, 0) is 11.3 Å². The van der Waals surface area contributed by atoms with E-state index in [2.05, 4.69) is 34.9 Å². The van der Waals surface area contributed by atoms with Gasteiger partial charge in [-0.15, -0.1) is 0 Å². The topological polar surface area (TPSA) is 68.2 Å². The summed E-state index contributed by atoms with van der Waals surface area (Å²) in [6.07, 6.45) is 2.58. The van der Waals surface area contributed by atoms with Crippen molar-refractivity contribution in [3.05, 3.63) is 48.0 Å². The van der Waals surface area contributed by atoms with Crippen LogP contribution in [0, 0.1) is 5.92 Å². The summed E-state index contributed by atoms with van der Waals surface area (Å²) in [4.78, 5) is 10.9. The zero-order valence-corrected chi connectivity index (χ0v) is 12.9. The number of carbonyl (C=O) groups is 1. The zero-order chi connectivity index (χ0) is 16.0. The van der Waals surface area contributed by atoms with Crippen molar-refractivity contribution in [2.45, 2.75) is 31.8 Å². The molecule has 2 aromatic carbocycles. The fraction of sp³-hybridized carbons (Fsp3) is 0.316. The number of para-hydroxylation sites is 1. The van der Waals surface area contributed by atoms with E-state index in [9.17, 15) is 4.79 Å². The minimum atomic E-state index is -0.867. The van der Waals surface area contributed by atoms with Crippen LogP contribution in [0.2, 0.25) is 0 Å². The molecule has 1 aromatic heterocycles. The summed E-state index contributed by atoms with van der Waals surface area (Å²) in [7, 11) is 0. The Morgan fingerprint density at radius 2 is 1.91 bits per heavy atom. The minimum absolute atomic E-state index is 0.0494. The van der Waals surface area contributed by atoms with Crippen LogP contribution in [0.5, 0.6) is 0 Å². The summed E-state index contributed by atoms with van der Waals surface area (Å²) in [6.45, 7) is 1.06. The minimum Gasteiger partial charge on any atom is -0.481 e. The van der Waals surface area contributed by atoms with E-state index >= 15 is 0 Å². The lowest BCUT2D eigenvalue weighted by atomic mass is 10.0. The number of fused-ring (bicyclic) bond motifs is 3. The summed E-state index contributed by atoms with van der Waals surface area (Å²) in [6, 6.07) is 14.1. The van der Waals surface area contributed by atoms with Crippen LogP contribution < -0.4 is 5.73 Å². The van der Waals surface area contributed by atoms with Crippen molar-refractivity contribution in [3.8, 4) is 0 Å². The first kappa shape index (κ1) is 14.3. The molecule has 1 aliphatic rings. The van der Waals surface area contributed by atoms with Crippen molar-refractivity contribution in [2.24, 2.45) is 11.7 Å². The maximum Gasteiger partial charge on any atom is 0.305 e. The Balaban J connectivity index is 1.87. The monoisotopic (exact) mass is 308 g/mol. The molecule has 0 spiro atoms. The number of nitrogens with zero attached hydrogens (tertiary/aromatic N) is 1. The van der Waals surface area contributed by atoms with E-state index in [0.717, 1.165) is 18.0 Å². The van der Waals surface area contributed by atoms with Crippen LogP contribution in [0.15, 0.2) is 42.5 Å². The molecule has 0 saturated heterocycles. The van der Waals surface area contributed by atoms with E-state index in [1.807, 2.05) is 12.1 Å². The molecule has 1 fully saturated rings. The van der Waals surface area contributed by atoms with Gasteiger partial charge < -0.3 is 15.4 Å². The third-order valence-electron chi connectivity index (χ3n) is 4.76. The van der Waals surface area contributed by atoms with Gasteiger partial charge in [-0.3, -0.25) is 4.79 Å². The predicted molar refractivity (Wildman–Crippen MR) is 91.3 cm³/mol. The molecule has 1 unspecified atom stereocenters. The lowest BCUT2D eigenvalue weighted by Gasteiger charge is -2.10. The van der Waals surface area contributed by atoms with Crippen molar-refractivity contribution >= 4 is 27.8 Å². The highest BCUT2D eigenvalue weighted by molar-refractivity contribution is 6.08. The van der Waals surface area contributed by atoms with Crippen LogP contribution in [-0.4, -0.2) is 15.6 Å².